The van der Waals surface area contributed by atoms with Gasteiger partial charge in [-0.15, -0.1) is 0 Å². The van der Waals surface area contributed by atoms with Crippen LogP contribution in [0.3, 0.4) is 0 Å². The highest BCUT2D eigenvalue weighted by atomic mass is 16.1. The van der Waals surface area contributed by atoms with E-state index in [1.807, 2.05) is 6.07 Å². The molecule has 5 nitrogen and oxygen atoms in total. The number of carbonyl (C=O) groups excluding carboxylic acids is 1. The van der Waals surface area contributed by atoms with Gasteiger partial charge in [0.15, 0.2) is 0 Å². The van der Waals surface area contributed by atoms with E-state index >= 15 is 0 Å². The fraction of sp³-hybridized carbons (Fsp3) is 0.500. The van der Waals surface area contributed by atoms with Gasteiger partial charge >= 0.3 is 0 Å². The van der Waals surface area contributed by atoms with Crippen molar-refractivity contribution in [3.8, 4) is 0 Å². The van der Waals surface area contributed by atoms with Gasteiger partial charge in [-0.05, 0) is 44.1 Å². The van der Waals surface area contributed by atoms with Crippen molar-refractivity contribution in [3.05, 3.63) is 23.8 Å². The molecule has 5 heteroatoms. The van der Waals surface area contributed by atoms with Crippen molar-refractivity contribution in [1.82, 2.24) is 4.90 Å². The van der Waals surface area contributed by atoms with Crippen LogP contribution in [0.2, 0.25) is 0 Å². The average Bonchev–Trinajstić information content (AvgIpc) is 2.84. The monoisotopic (exact) mass is 262 g/mol. The predicted molar refractivity (Wildman–Crippen MR) is 78.1 cm³/mol. The number of nitrogens with two attached hydrogens (primary N) is 2. The van der Waals surface area contributed by atoms with Crippen LogP contribution in [0.4, 0.5) is 11.4 Å². The third-order valence-corrected chi connectivity index (χ3v) is 3.77. The molecule has 0 aromatic heterocycles. The molecule has 0 aliphatic carbocycles. The van der Waals surface area contributed by atoms with Crippen LogP contribution in [0.25, 0.3) is 0 Å². The van der Waals surface area contributed by atoms with Crippen LogP contribution in [0.5, 0.6) is 0 Å². The summed E-state index contributed by atoms with van der Waals surface area (Å²) in [4.78, 5) is 13.7. The molecule has 1 aromatic carbocycles. The van der Waals surface area contributed by atoms with Crippen molar-refractivity contribution in [1.29, 1.82) is 0 Å². The number of nitrogen functional groups attached to an aromatic ring is 1. The summed E-state index contributed by atoms with van der Waals surface area (Å²) in [6.07, 6.45) is 2.48. The van der Waals surface area contributed by atoms with Gasteiger partial charge in [0.25, 0.3) is 5.91 Å². The Hall–Kier alpha value is -1.75. The normalized spacial score (nSPS) is 19.5. The summed E-state index contributed by atoms with van der Waals surface area (Å²) in [7, 11) is 0. The lowest BCUT2D eigenvalue weighted by Gasteiger charge is -2.23. The van der Waals surface area contributed by atoms with Gasteiger partial charge in [0.1, 0.15) is 0 Å². The van der Waals surface area contributed by atoms with E-state index in [4.69, 9.17) is 11.5 Å². The maximum absolute atomic E-state index is 11.2. The molecule has 0 spiro atoms. The lowest BCUT2D eigenvalue weighted by molar-refractivity contribution is 0.100. The van der Waals surface area contributed by atoms with E-state index in [0.29, 0.717) is 17.3 Å². The predicted octanol–water partition coefficient (Wildman–Crippen LogP) is 1.26. The maximum atomic E-state index is 11.2. The Morgan fingerprint density at radius 2 is 2.32 bits per heavy atom. The number of amides is 1. The van der Waals surface area contributed by atoms with Gasteiger partial charge in [0.05, 0.1) is 5.56 Å². The van der Waals surface area contributed by atoms with Crippen molar-refractivity contribution in [2.75, 3.05) is 30.7 Å². The lowest BCUT2D eigenvalue weighted by Crippen LogP contribution is -2.34. The van der Waals surface area contributed by atoms with Crippen molar-refractivity contribution < 1.29 is 4.79 Å². The summed E-state index contributed by atoms with van der Waals surface area (Å²) in [6.45, 7) is 5.33. The fourth-order valence-corrected chi connectivity index (χ4v) is 2.66. The van der Waals surface area contributed by atoms with Gasteiger partial charge in [0, 0.05) is 24.0 Å². The number of hydrogen-bond donors (Lipinski definition) is 3. The molecule has 1 fully saturated rings. The molecule has 1 unspecified atom stereocenters. The van der Waals surface area contributed by atoms with Crippen LogP contribution in [-0.2, 0) is 0 Å². The van der Waals surface area contributed by atoms with Crippen LogP contribution in [-0.4, -0.2) is 36.5 Å². The molecule has 19 heavy (non-hydrogen) atoms. The van der Waals surface area contributed by atoms with E-state index in [1.165, 1.54) is 19.4 Å². The molecular weight excluding hydrogens is 240 g/mol. The van der Waals surface area contributed by atoms with Crippen LogP contribution < -0.4 is 16.8 Å². The van der Waals surface area contributed by atoms with E-state index < -0.39 is 5.91 Å². The molecule has 1 aliphatic heterocycles. The summed E-state index contributed by atoms with van der Waals surface area (Å²) in [5.41, 5.74) is 12.7. The second kappa shape index (κ2) is 5.93. The van der Waals surface area contributed by atoms with Crippen LogP contribution in [0.15, 0.2) is 18.2 Å². The highest BCUT2D eigenvalue weighted by Crippen LogP contribution is 2.20. The second-order valence-corrected chi connectivity index (χ2v) is 4.97. The molecule has 5 N–H and O–H groups in total. The number of likely N-dealkylation sites (N-methyl/N-ethyl adjacent to an activating group) is 1. The third kappa shape index (κ3) is 3.17. The molecule has 1 aliphatic rings. The number of carbonyl (C=O) groups is 1. The smallest absolute Gasteiger partial charge is 0.250 e. The minimum Gasteiger partial charge on any atom is -0.398 e. The molecule has 0 radical (unpaired) electrons. The van der Waals surface area contributed by atoms with Gasteiger partial charge in [-0.1, -0.05) is 6.92 Å². The molecule has 2 rings (SSSR count). The van der Waals surface area contributed by atoms with E-state index in [0.717, 1.165) is 18.8 Å². The van der Waals surface area contributed by atoms with E-state index in [9.17, 15) is 4.79 Å². The molecular formula is C14H22N4O. The standard InChI is InChI=1S/C14H22N4O/c1-2-18-7-3-4-11(18)9-17-10-5-6-13(15)12(8-10)14(16)19/h5-6,8,11,17H,2-4,7,9,15H2,1H3,(H2,16,19). The Morgan fingerprint density at radius 3 is 3.00 bits per heavy atom. The number of benzene rings is 1. The quantitative estimate of drug-likeness (QED) is 0.698. The van der Waals surface area contributed by atoms with Gasteiger partial charge in [-0.3, -0.25) is 9.69 Å². The largest absolute Gasteiger partial charge is 0.398 e. The maximum Gasteiger partial charge on any atom is 0.250 e. The summed E-state index contributed by atoms with van der Waals surface area (Å²) in [5, 5.41) is 3.37. The van der Waals surface area contributed by atoms with E-state index in [1.54, 1.807) is 12.1 Å². The highest BCUT2D eigenvalue weighted by Gasteiger charge is 2.22. The second-order valence-electron chi connectivity index (χ2n) is 4.97. The summed E-state index contributed by atoms with van der Waals surface area (Å²) >= 11 is 0. The first-order valence-corrected chi connectivity index (χ1v) is 6.79. The van der Waals surface area contributed by atoms with Crippen LogP contribution in [0.1, 0.15) is 30.1 Å². The Kier molecular flexibility index (Phi) is 4.27. The Morgan fingerprint density at radius 1 is 1.53 bits per heavy atom. The van der Waals surface area contributed by atoms with Gasteiger partial charge in [-0.25, -0.2) is 0 Å². The van der Waals surface area contributed by atoms with Crippen molar-refractivity contribution in [3.63, 3.8) is 0 Å². The minimum absolute atomic E-state index is 0.378. The molecule has 104 valence electrons. The van der Waals surface area contributed by atoms with Crippen LogP contribution >= 0.6 is 0 Å². The number of nitrogens with zero attached hydrogens (tertiary/aromatic N) is 1. The minimum atomic E-state index is -0.489. The number of primary amides is 1. The zero-order chi connectivity index (χ0) is 13.8. The molecule has 0 saturated carbocycles. The summed E-state index contributed by atoms with van der Waals surface area (Å²) < 4.78 is 0. The molecule has 1 amide bonds. The van der Waals surface area contributed by atoms with Crippen molar-refractivity contribution >= 4 is 17.3 Å². The number of hydrogen-bond acceptors (Lipinski definition) is 4. The Labute approximate surface area is 113 Å². The summed E-state index contributed by atoms with van der Waals surface area (Å²) in [5.74, 6) is -0.489. The first kappa shape index (κ1) is 13.7. The SMILES string of the molecule is CCN1CCCC1CNc1ccc(N)c(C(N)=O)c1. The van der Waals surface area contributed by atoms with E-state index in [2.05, 4.69) is 17.1 Å². The molecule has 0 bridgehead atoms. The number of rotatable bonds is 5. The fourth-order valence-electron chi connectivity index (χ4n) is 2.66. The van der Waals surface area contributed by atoms with Gasteiger partial charge < -0.3 is 16.8 Å². The zero-order valence-corrected chi connectivity index (χ0v) is 11.4. The summed E-state index contributed by atoms with van der Waals surface area (Å²) in [6, 6.07) is 5.89. The molecule has 1 saturated heterocycles. The molecule has 1 aromatic rings. The third-order valence-electron chi connectivity index (χ3n) is 3.77. The Bertz CT molecular complexity index is 461. The van der Waals surface area contributed by atoms with E-state index in [-0.39, 0.29) is 0 Å². The van der Waals surface area contributed by atoms with Gasteiger partial charge in [0.2, 0.25) is 0 Å². The molecule has 1 atom stereocenters. The van der Waals surface area contributed by atoms with Crippen molar-refractivity contribution in [2.45, 2.75) is 25.8 Å². The number of anilines is 2. The van der Waals surface area contributed by atoms with Crippen LogP contribution in [0, 0.1) is 0 Å². The number of nitrogens with one attached hydrogen (secondary N) is 1. The highest BCUT2D eigenvalue weighted by molar-refractivity contribution is 5.98. The first-order chi connectivity index (χ1) is 9.11. The first-order valence-electron chi connectivity index (χ1n) is 6.79. The Balaban J connectivity index is 2.00. The molecule has 1 heterocycles. The van der Waals surface area contributed by atoms with Crippen molar-refractivity contribution in [2.24, 2.45) is 5.73 Å². The topological polar surface area (TPSA) is 84.4 Å². The lowest BCUT2D eigenvalue weighted by atomic mass is 10.1. The number of likely N-dealkylation sites (tertiary alicyclic amines) is 1. The average molecular weight is 262 g/mol. The van der Waals surface area contributed by atoms with Gasteiger partial charge in [-0.2, -0.15) is 0 Å². The zero-order valence-electron chi connectivity index (χ0n) is 11.4.